The summed E-state index contributed by atoms with van der Waals surface area (Å²) in [5.41, 5.74) is 1.09. The number of amides is 3. The number of carbonyl (C=O) groups is 2. The van der Waals surface area contributed by atoms with E-state index in [0.717, 1.165) is 21.1 Å². The van der Waals surface area contributed by atoms with Crippen LogP contribution in [0.3, 0.4) is 0 Å². The number of hydrogen-bond donors (Lipinski definition) is 1. The number of hydrogen-bond acceptors (Lipinski definition) is 4. The highest BCUT2D eigenvalue weighted by Crippen LogP contribution is 2.30. The number of nitrogens with one attached hydrogen (secondary N) is 1. The van der Waals surface area contributed by atoms with Gasteiger partial charge in [-0.2, -0.15) is 0 Å². The van der Waals surface area contributed by atoms with Crippen molar-refractivity contribution in [2.75, 3.05) is 7.11 Å². The number of imide groups is 1. The van der Waals surface area contributed by atoms with Crippen molar-refractivity contribution in [1.82, 2.24) is 10.2 Å². The monoisotopic (exact) mass is 330 g/mol. The van der Waals surface area contributed by atoms with E-state index in [2.05, 4.69) is 5.32 Å². The summed E-state index contributed by atoms with van der Waals surface area (Å²) >= 11 is 1.58. The van der Waals surface area contributed by atoms with Crippen molar-refractivity contribution in [3.63, 3.8) is 0 Å². The van der Waals surface area contributed by atoms with Crippen LogP contribution in [0.1, 0.15) is 18.2 Å². The van der Waals surface area contributed by atoms with Crippen LogP contribution in [0.4, 0.5) is 4.79 Å². The van der Waals surface area contributed by atoms with Gasteiger partial charge in [-0.15, -0.1) is 11.3 Å². The van der Waals surface area contributed by atoms with Crippen molar-refractivity contribution in [1.29, 1.82) is 0 Å². The van der Waals surface area contributed by atoms with Crippen LogP contribution in [0.25, 0.3) is 10.4 Å². The average Bonchev–Trinajstić information content (AvgIpc) is 3.15. The SMILES string of the molecule is CC[C@@H]1NC(=O)N(Cc2ccc(-c3ccc(OC)cc3)s2)C1=O. The zero-order valence-electron chi connectivity index (χ0n) is 13.0. The Morgan fingerprint density at radius 1 is 1.17 bits per heavy atom. The molecule has 1 aliphatic heterocycles. The fourth-order valence-corrected chi connectivity index (χ4v) is 3.53. The van der Waals surface area contributed by atoms with Crippen LogP contribution in [0.15, 0.2) is 36.4 Å². The van der Waals surface area contributed by atoms with Gasteiger partial charge in [0.05, 0.1) is 13.7 Å². The number of benzene rings is 1. The van der Waals surface area contributed by atoms with Gasteiger partial charge >= 0.3 is 6.03 Å². The first-order chi connectivity index (χ1) is 11.1. The van der Waals surface area contributed by atoms with Crippen LogP contribution in [-0.4, -0.2) is 30.0 Å². The molecule has 2 heterocycles. The number of thiophene rings is 1. The zero-order chi connectivity index (χ0) is 16.4. The molecule has 23 heavy (non-hydrogen) atoms. The Labute approximate surface area is 138 Å². The average molecular weight is 330 g/mol. The van der Waals surface area contributed by atoms with Crippen molar-refractivity contribution >= 4 is 23.3 Å². The van der Waals surface area contributed by atoms with Crippen molar-refractivity contribution in [3.05, 3.63) is 41.3 Å². The van der Waals surface area contributed by atoms with Crippen molar-refractivity contribution < 1.29 is 14.3 Å². The van der Waals surface area contributed by atoms with Crippen LogP contribution < -0.4 is 10.1 Å². The Morgan fingerprint density at radius 3 is 2.52 bits per heavy atom. The summed E-state index contributed by atoms with van der Waals surface area (Å²) in [5, 5.41) is 2.70. The fraction of sp³-hybridized carbons (Fsp3) is 0.294. The van der Waals surface area contributed by atoms with Gasteiger partial charge in [-0.05, 0) is 48.4 Å². The smallest absolute Gasteiger partial charge is 0.325 e. The molecule has 6 heteroatoms. The third-order valence-corrected chi connectivity index (χ3v) is 4.98. The Kier molecular flexibility index (Phi) is 4.34. The molecule has 1 aromatic carbocycles. The lowest BCUT2D eigenvalue weighted by molar-refractivity contribution is -0.127. The minimum absolute atomic E-state index is 0.142. The fourth-order valence-electron chi connectivity index (χ4n) is 2.53. The lowest BCUT2D eigenvalue weighted by Gasteiger charge is -2.11. The predicted molar refractivity (Wildman–Crippen MR) is 89.5 cm³/mol. The van der Waals surface area contributed by atoms with Gasteiger partial charge < -0.3 is 10.1 Å². The van der Waals surface area contributed by atoms with Crippen LogP contribution in [-0.2, 0) is 11.3 Å². The van der Waals surface area contributed by atoms with Gasteiger partial charge in [0, 0.05) is 9.75 Å². The van der Waals surface area contributed by atoms with E-state index in [1.807, 2.05) is 43.3 Å². The molecule has 1 aliphatic rings. The summed E-state index contributed by atoms with van der Waals surface area (Å²) in [6, 6.07) is 11.1. The molecular formula is C17H18N2O3S. The maximum absolute atomic E-state index is 12.1. The number of carbonyl (C=O) groups excluding carboxylic acids is 2. The molecule has 1 saturated heterocycles. The second-order valence-electron chi connectivity index (χ2n) is 5.33. The highest BCUT2D eigenvalue weighted by molar-refractivity contribution is 7.15. The van der Waals surface area contributed by atoms with E-state index < -0.39 is 0 Å². The lowest BCUT2D eigenvalue weighted by Crippen LogP contribution is -2.30. The van der Waals surface area contributed by atoms with Crippen molar-refractivity contribution in [2.45, 2.75) is 25.9 Å². The molecule has 0 spiro atoms. The first-order valence-electron chi connectivity index (χ1n) is 7.47. The standard InChI is InChI=1S/C17H18N2O3S/c1-3-14-16(20)19(17(21)18-14)10-13-8-9-15(23-13)11-4-6-12(22-2)7-5-11/h4-9,14H,3,10H2,1-2H3,(H,18,21)/t14-/m0/s1. The topological polar surface area (TPSA) is 58.6 Å². The molecule has 0 saturated carbocycles. The van der Waals surface area contributed by atoms with Gasteiger partial charge in [0.1, 0.15) is 11.8 Å². The highest BCUT2D eigenvalue weighted by atomic mass is 32.1. The van der Waals surface area contributed by atoms with Crippen molar-refractivity contribution in [3.8, 4) is 16.2 Å². The molecular weight excluding hydrogens is 312 g/mol. The van der Waals surface area contributed by atoms with E-state index in [4.69, 9.17) is 4.74 Å². The molecule has 3 amide bonds. The van der Waals surface area contributed by atoms with Crippen LogP contribution in [0.2, 0.25) is 0 Å². The van der Waals surface area contributed by atoms with Crippen LogP contribution >= 0.6 is 11.3 Å². The maximum atomic E-state index is 12.1. The van der Waals surface area contributed by atoms with Gasteiger partial charge in [0.15, 0.2) is 0 Å². The summed E-state index contributed by atoms with van der Waals surface area (Å²) in [5.74, 6) is 0.673. The quantitative estimate of drug-likeness (QED) is 0.856. The van der Waals surface area contributed by atoms with Gasteiger partial charge in [-0.25, -0.2) is 4.79 Å². The van der Waals surface area contributed by atoms with Crippen LogP contribution in [0.5, 0.6) is 5.75 Å². The third-order valence-electron chi connectivity index (χ3n) is 3.87. The highest BCUT2D eigenvalue weighted by Gasteiger charge is 2.36. The lowest BCUT2D eigenvalue weighted by atomic mass is 10.2. The largest absolute Gasteiger partial charge is 0.497 e. The Balaban J connectivity index is 1.74. The second-order valence-corrected chi connectivity index (χ2v) is 6.50. The van der Waals surface area contributed by atoms with E-state index >= 15 is 0 Å². The van der Waals surface area contributed by atoms with E-state index in [-0.39, 0.29) is 18.0 Å². The third kappa shape index (κ3) is 3.07. The predicted octanol–water partition coefficient (Wildman–Crippen LogP) is 3.25. The second kappa shape index (κ2) is 6.42. The molecule has 1 fully saturated rings. The molecule has 120 valence electrons. The van der Waals surface area contributed by atoms with E-state index in [9.17, 15) is 9.59 Å². The molecule has 3 rings (SSSR count). The normalized spacial score (nSPS) is 17.5. The molecule has 1 N–H and O–H groups in total. The van der Waals surface area contributed by atoms with Crippen molar-refractivity contribution in [2.24, 2.45) is 0 Å². The number of rotatable bonds is 5. The summed E-state index contributed by atoms with van der Waals surface area (Å²) < 4.78 is 5.16. The molecule has 2 aromatic rings. The minimum Gasteiger partial charge on any atom is -0.497 e. The minimum atomic E-state index is -0.386. The van der Waals surface area contributed by atoms with Gasteiger partial charge in [-0.3, -0.25) is 9.69 Å². The summed E-state index contributed by atoms with van der Waals surface area (Å²) in [4.78, 5) is 27.4. The van der Waals surface area contributed by atoms with E-state index in [0.29, 0.717) is 13.0 Å². The summed E-state index contributed by atoms with van der Waals surface area (Å²) in [7, 11) is 1.64. The molecule has 0 bridgehead atoms. The Hall–Kier alpha value is -2.34. The molecule has 5 nitrogen and oxygen atoms in total. The summed E-state index contributed by atoms with van der Waals surface area (Å²) in [6.07, 6.45) is 0.614. The number of methoxy groups -OCH3 is 1. The van der Waals surface area contributed by atoms with Gasteiger partial charge in [-0.1, -0.05) is 6.92 Å². The number of ether oxygens (including phenoxy) is 1. The molecule has 1 atom stereocenters. The van der Waals surface area contributed by atoms with Gasteiger partial charge in [0.25, 0.3) is 5.91 Å². The zero-order valence-corrected chi connectivity index (χ0v) is 13.9. The first kappa shape index (κ1) is 15.6. The Morgan fingerprint density at radius 2 is 1.91 bits per heavy atom. The van der Waals surface area contributed by atoms with Crippen LogP contribution in [0, 0.1) is 0 Å². The number of nitrogens with zero attached hydrogens (tertiary/aromatic N) is 1. The van der Waals surface area contributed by atoms with Gasteiger partial charge in [0.2, 0.25) is 0 Å². The molecule has 0 aliphatic carbocycles. The van der Waals surface area contributed by atoms with E-state index in [1.54, 1.807) is 18.4 Å². The van der Waals surface area contributed by atoms with E-state index in [1.165, 1.54) is 4.90 Å². The molecule has 1 aromatic heterocycles. The molecule has 0 radical (unpaired) electrons. The maximum Gasteiger partial charge on any atom is 0.325 e. The Bertz CT molecular complexity index is 724. The first-order valence-corrected chi connectivity index (χ1v) is 8.29. The molecule has 0 unspecified atom stereocenters. The summed E-state index contributed by atoms with van der Waals surface area (Å²) in [6.45, 7) is 2.21. The number of urea groups is 1.